The van der Waals surface area contributed by atoms with E-state index in [1.165, 1.54) is 17.7 Å². The lowest BCUT2D eigenvalue weighted by Crippen LogP contribution is -2.15. The molecule has 0 bridgehead atoms. The van der Waals surface area contributed by atoms with E-state index >= 15 is 0 Å². The number of benzene rings is 1. The van der Waals surface area contributed by atoms with Gasteiger partial charge < -0.3 is 10.4 Å². The second-order valence-corrected chi connectivity index (χ2v) is 4.86. The molecule has 2 rings (SSSR count). The Morgan fingerprint density at radius 3 is 2.93 bits per heavy atom. The van der Waals surface area contributed by atoms with Gasteiger partial charge in [-0.1, -0.05) is 13.8 Å². The molecule has 1 aliphatic heterocycles. The monoisotopic (exact) mass is 191 g/mol. The number of phenolic OH excluding ortho intramolecular Hbond substituents is 1. The fourth-order valence-corrected chi connectivity index (χ4v) is 2.04. The second-order valence-electron chi connectivity index (χ2n) is 4.86. The van der Waals surface area contributed by atoms with Crippen LogP contribution in [0, 0.1) is 5.41 Å². The highest BCUT2D eigenvalue weighted by atomic mass is 16.3. The SMILES string of the molecule is CC1(C)CCNc2ccc(O)cc2C1. The van der Waals surface area contributed by atoms with Crippen LogP contribution < -0.4 is 5.32 Å². The number of anilines is 1. The van der Waals surface area contributed by atoms with Crippen LogP contribution >= 0.6 is 0 Å². The van der Waals surface area contributed by atoms with Crippen molar-refractivity contribution in [3.8, 4) is 5.75 Å². The maximum absolute atomic E-state index is 9.42. The zero-order valence-corrected chi connectivity index (χ0v) is 8.80. The predicted octanol–water partition coefficient (Wildman–Crippen LogP) is 2.78. The van der Waals surface area contributed by atoms with Gasteiger partial charge in [0.05, 0.1) is 0 Å². The largest absolute Gasteiger partial charge is 0.508 e. The van der Waals surface area contributed by atoms with Crippen LogP contribution in [0.25, 0.3) is 0 Å². The Kier molecular flexibility index (Phi) is 2.14. The van der Waals surface area contributed by atoms with Crippen molar-refractivity contribution < 1.29 is 5.11 Å². The highest BCUT2D eigenvalue weighted by molar-refractivity contribution is 5.55. The topological polar surface area (TPSA) is 32.3 Å². The molecule has 0 aliphatic carbocycles. The van der Waals surface area contributed by atoms with Crippen LogP contribution in [0.3, 0.4) is 0 Å². The molecule has 1 aliphatic rings. The summed E-state index contributed by atoms with van der Waals surface area (Å²) in [6.07, 6.45) is 2.20. The van der Waals surface area contributed by atoms with Gasteiger partial charge in [0.2, 0.25) is 0 Å². The molecule has 2 nitrogen and oxygen atoms in total. The summed E-state index contributed by atoms with van der Waals surface area (Å²) in [5.41, 5.74) is 2.73. The highest BCUT2D eigenvalue weighted by Crippen LogP contribution is 2.34. The highest BCUT2D eigenvalue weighted by Gasteiger charge is 2.22. The lowest BCUT2D eigenvalue weighted by atomic mass is 9.83. The number of phenols is 1. The standard InChI is InChI=1S/C12H17NO/c1-12(2)5-6-13-11-4-3-10(14)7-9(11)8-12/h3-4,7,13-14H,5-6,8H2,1-2H3. The first kappa shape index (κ1) is 9.38. The third kappa shape index (κ3) is 1.84. The van der Waals surface area contributed by atoms with E-state index < -0.39 is 0 Å². The lowest BCUT2D eigenvalue weighted by Gasteiger charge is -2.21. The number of fused-ring (bicyclic) bond motifs is 1. The van der Waals surface area contributed by atoms with E-state index in [2.05, 4.69) is 19.2 Å². The first-order valence-electron chi connectivity index (χ1n) is 5.13. The maximum Gasteiger partial charge on any atom is 0.116 e. The maximum atomic E-state index is 9.42. The Hall–Kier alpha value is -1.18. The van der Waals surface area contributed by atoms with Crippen molar-refractivity contribution in [2.24, 2.45) is 5.41 Å². The molecule has 0 unspecified atom stereocenters. The molecule has 1 heterocycles. The number of nitrogens with one attached hydrogen (secondary N) is 1. The molecule has 0 amide bonds. The van der Waals surface area contributed by atoms with Crippen LogP contribution in [0.2, 0.25) is 0 Å². The van der Waals surface area contributed by atoms with E-state index in [4.69, 9.17) is 0 Å². The summed E-state index contributed by atoms with van der Waals surface area (Å²) in [4.78, 5) is 0. The average Bonchev–Trinajstić information content (AvgIpc) is 2.21. The quantitative estimate of drug-likeness (QED) is 0.618. The van der Waals surface area contributed by atoms with Crippen LogP contribution in [0.4, 0.5) is 5.69 Å². The van der Waals surface area contributed by atoms with Crippen LogP contribution in [0.15, 0.2) is 18.2 Å². The van der Waals surface area contributed by atoms with Crippen molar-refractivity contribution in [2.75, 3.05) is 11.9 Å². The van der Waals surface area contributed by atoms with Gasteiger partial charge in [0.25, 0.3) is 0 Å². The summed E-state index contributed by atoms with van der Waals surface area (Å²) >= 11 is 0. The summed E-state index contributed by atoms with van der Waals surface area (Å²) in [5.74, 6) is 0.364. The summed E-state index contributed by atoms with van der Waals surface area (Å²) < 4.78 is 0. The minimum absolute atomic E-state index is 0.325. The Morgan fingerprint density at radius 2 is 2.14 bits per heavy atom. The van der Waals surface area contributed by atoms with E-state index in [1.54, 1.807) is 6.07 Å². The Balaban J connectivity index is 2.38. The summed E-state index contributed by atoms with van der Waals surface area (Å²) in [7, 11) is 0. The van der Waals surface area contributed by atoms with Gasteiger partial charge in [-0.3, -0.25) is 0 Å². The average molecular weight is 191 g/mol. The minimum atomic E-state index is 0.325. The van der Waals surface area contributed by atoms with Gasteiger partial charge >= 0.3 is 0 Å². The fourth-order valence-electron chi connectivity index (χ4n) is 2.04. The third-order valence-electron chi connectivity index (χ3n) is 2.88. The zero-order valence-electron chi connectivity index (χ0n) is 8.80. The molecule has 0 atom stereocenters. The summed E-state index contributed by atoms with van der Waals surface area (Å²) in [6, 6.07) is 5.58. The molecule has 0 saturated carbocycles. The molecule has 14 heavy (non-hydrogen) atoms. The molecule has 0 radical (unpaired) electrons. The minimum Gasteiger partial charge on any atom is -0.508 e. The Labute approximate surface area is 85.0 Å². The number of rotatable bonds is 0. The van der Waals surface area contributed by atoms with E-state index in [9.17, 15) is 5.11 Å². The van der Waals surface area contributed by atoms with Gasteiger partial charge in [-0.05, 0) is 42.0 Å². The Morgan fingerprint density at radius 1 is 1.36 bits per heavy atom. The normalized spacial score (nSPS) is 19.3. The first-order valence-corrected chi connectivity index (χ1v) is 5.13. The van der Waals surface area contributed by atoms with Crippen molar-refractivity contribution in [3.05, 3.63) is 23.8 Å². The van der Waals surface area contributed by atoms with Gasteiger partial charge in [-0.15, -0.1) is 0 Å². The van der Waals surface area contributed by atoms with Crippen LogP contribution in [-0.2, 0) is 6.42 Å². The molecule has 2 N–H and O–H groups in total. The summed E-state index contributed by atoms with van der Waals surface area (Å²) in [6.45, 7) is 5.56. The van der Waals surface area contributed by atoms with E-state index in [1.807, 2.05) is 12.1 Å². The Bertz CT molecular complexity index is 344. The smallest absolute Gasteiger partial charge is 0.116 e. The predicted molar refractivity (Wildman–Crippen MR) is 58.7 cm³/mol. The van der Waals surface area contributed by atoms with Crippen molar-refractivity contribution >= 4 is 5.69 Å². The molecular formula is C12H17NO. The fraction of sp³-hybridized carbons (Fsp3) is 0.500. The van der Waals surface area contributed by atoms with Crippen molar-refractivity contribution in [1.82, 2.24) is 0 Å². The summed E-state index contributed by atoms with van der Waals surface area (Å²) in [5, 5.41) is 12.8. The number of aromatic hydroxyl groups is 1. The first-order chi connectivity index (χ1) is 6.57. The molecule has 0 aromatic heterocycles. The van der Waals surface area contributed by atoms with Gasteiger partial charge in [0, 0.05) is 12.2 Å². The second kappa shape index (κ2) is 3.19. The van der Waals surface area contributed by atoms with E-state index in [0.717, 1.165) is 13.0 Å². The third-order valence-corrected chi connectivity index (χ3v) is 2.88. The molecule has 2 heteroatoms. The van der Waals surface area contributed by atoms with Crippen molar-refractivity contribution in [2.45, 2.75) is 26.7 Å². The van der Waals surface area contributed by atoms with Crippen LogP contribution in [0.1, 0.15) is 25.8 Å². The van der Waals surface area contributed by atoms with E-state index in [-0.39, 0.29) is 0 Å². The van der Waals surface area contributed by atoms with Crippen molar-refractivity contribution in [3.63, 3.8) is 0 Å². The van der Waals surface area contributed by atoms with Crippen LogP contribution in [0.5, 0.6) is 5.75 Å². The van der Waals surface area contributed by atoms with Gasteiger partial charge in [0.1, 0.15) is 5.75 Å². The molecule has 0 saturated heterocycles. The zero-order chi connectivity index (χ0) is 10.2. The molecule has 1 aromatic carbocycles. The molecule has 76 valence electrons. The molecule has 0 fully saturated rings. The number of hydrogen-bond donors (Lipinski definition) is 2. The lowest BCUT2D eigenvalue weighted by molar-refractivity contribution is 0.348. The number of hydrogen-bond acceptors (Lipinski definition) is 2. The van der Waals surface area contributed by atoms with Gasteiger partial charge in [-0.25, -0.2) is 0 Å². The van der Waals surface area contributed by atoms with Crippen LogP contribution in [-0.4, -0.2) is 11.7 Å². The van der Waals surface area contributed by atoms with Gasteiger partial charge in [-0.2, -0.15) is 0 Å². The molecule has 0 spiro atoms. The van der Waals surface area contributed by atoms with E-state index in [0.29, 0.717) is 11.2 Å². The van der Waals surface area contributed by atoms with Crippen molar-refractivity contribution in [1.29, 1.82) is 0 Å². The molecule has 1 aromatic rings. The van der Waals surface area contributed by atoms with Gasteiger partial charge in [0.15, 0.2) is 0 Å². The molecular weight excluding hydrogens is 174 g/mol.